The van der Waals surface area contributed by atoms with Gasteiger partial charge < -0.3 is 15.2 Å². The van der Waals surface area contributed by atoms with Crippen molar-refractivity contribution in [3.05, 3.63) is 52.3 Å². The van der Waals surface area contributed by atoms with Crippen molar-refractivity contribution in [1.82, 2.24) is 9.47 Å². The van der Waals surface area contributed by atoms with Crippen LogP contribution >= 0.6 is 15.9 Å². The van der Waals surface area contributed by atoms with E-state index in [-0.39, 0.29) is 5.91 Å². The van der Waals surface area contributed by atoms with Gasteiger partial charge in [-0.25, -0.2) is 0 Å². The third-order valence-corrected chi connectivity index (χ3v) is 4.18. The summed E-state index contributed by atoms with van der Waals surface area (Å²) in [6.07, 6.45) is 4.13. The molecular weight excluding hydrogens is 330 g/mol. The number of carbonyl (C=O) groups excluding carboxylic acids is 1. The molecule has 0 saturated heterocycles. The first-order valence-electron chi connectivity index (χ1n) is 7.02. The highest BCUT2D eigenvalue weighted by Gasteiger charge is 2.28. The number of nitrogens with two attached hydrogens (primary N) is 1. The van der Waals surface area contributed by atoms with Crippen LogP contribution in [0.5, 0.6) is 0 Å². The van der Waals surface area contributed by atoms with Gasteiger partial charge in [-0.1, -0.05) is 28.1 Å². The third-order valence-electron chi connectivity index (χ3n) is 3.68. The maximum atomic E-state index is 12.6. The Balaban J connectivity index is 1.78. The van der Waals surface area contributed by atoms with Crippen LogP contribution in [0.25, 0.3) is 0 Å². The average molecular weight is 348 g/mol. The first kappa shape index (κ1) is 14.2. The summed E-state index contributed by atoms with van der Waals surface area (Å²) in [5.74, 6) is 0.0126. The molecule has 1 aromatic heterocycles. The maximum Gasteiger partial charge on any atom is 0.270 e. The first-order valence-corrected chi connectivity index (χ1v) is 7.81. The summed E-state index contributed by atoms with van der Waals surface area (Å²) in [7, 11) is 1.82. The molecule has 0 radical (unpaired) electrons. The molecule has 1 saturated carbocycles. The molecule has 3 rings (SSSR count). The normalized spacial score (nSPS) is 14.2. The van der Waals surface area contributed by atoms with Crippen molar-refractivity contribution in [2.45, 2.75) is 25.4 Å². The van der Waals surface area contributed by atoms with Gasteiger partial charge in [0.05, 0.1) is 5.69 Å². The lowest BCUT2D eigenvalue weighted by Gasteiger charge is -2.18. The number of aromatic nitrogens is 1. The molecule has 1 fully saturated rings. The second-order valence-electron chi connectivity index (χ2n) is 5.59. The van der Waals surface area contributed by atoms with Gasteiger partial charge in [-0.3, -0.25) is 4.79 Å². The summed E-state index contributed by atoms with van der Waals surface area (Å²) in [6, 6.07) is 10.2. The molecule has 0 aliphatic heterocycles. The maximum absolute atomic E-state index is 12.6. The van der Waals surface area contributed by atoms with Gasteiger partial charge in [-0.15, -0.1) is 0 Å². The summed E-state index contributed by atoms with van der Waals surface area (Å²) in [6.45, 7) is 0.577. The lowest BCUT2D eigenvalue weighted by molar-refractivity contribution is 0.0774. The predicted octanol–water partition coefficient (Wildman–Crippen LogP) is 3.44. The molecule has 110 valence electrons. The zero-order valence-electron chi connectivity index (χ0n) is 11.9. The minimum absolute atomic E-state index is 0.0126. The smallest absolute Gasteiger partial charge is 0.270 e. The third kappa shape index (κ3) is 3.13. The molecular formula is C16H18BrN3O. The Morgan fingerprint density at radius 2 is 2.19 bits per heavy atom. The lowest BCUT2D eigenvalue weighted by Crippen LogP contribution is -2.28. The second-order valence-corrected chi connectivity index (χ2v) is 6.50. The number of amides is 1. The number of nitrogens with zero attached hydrogens (tertiary/aromatic N) is 2. The number of hydrogen-bond acceptors (Lipinski definition) is 2. The number of nitrogen functional groups attached to an aromatic ring is 1. The zero-order chi connectivity index (χ0) is 15.0. The van der Waals surface area contributed by atoms with Gasteiger partial charge in [-0.2, -0.15) is 0 Å². The van der Waals surface area contributed by atoms with Crippen LogP contribution in [0.4, 0.5) is 5.69 Å². The number of anilines is 1. The topological polar surface area (TPSA) is 51.3 Å². The van der Waals surface area contributed by atoms with E-state index in [4.69, 9.17) is 5.73 Å². The van der Waals surface area contributed by atoms with E-state index in [1.807, 2.05) is 42.1 Å². The Kier molecular flexibility index (Phi) is 3.76. The fraction of sp³-hybridized carbons (Fsp3) is 0.312. The number of hydrogen-bond donors (Lipinski definition) is 1. The highest BCUT2D eigenvalue weighted by molar-refractivity contribution is 9.10. The van der Waals surface area contributed by atoms with E-state index in [9.17, 15) is 4.79 Å². The molecule has 21 heavy (non-hydrogen) atoms. The largest absolute Gasteiger partial charge is 0.397 e. The number of rotatable bonds is 4. The quantitative estimate of drug-likeness (QED) is 0.920. The van der Waals surface area contributed by atoms with Crippen LogP contribution in [0, 0.1) is 0 Å². The van der Waals surface area contributed by atoms with Gasteiger partial charge in [0.15, 0.2) is 0 Å². The van der Waals surface area contributed by atoms with E-state index in [1.54, 1.807) is 11.0 Å². The average Bonchev–Trinajstić information content (AvgIpc) is 3.21. The molecule has 0 bridgehead atoms. The molecule has 1 aromatic carbocycles. The van der Waals surface area contributed by atoms with Crippen LogP contribution in [0.15, 0.2) is 41.0 Å². The minimum Gasteiger partial charge on any atom is -0.397 e. The molecule has 0 spiro atoms. The first-order chi connectivity index (χ1) is 10.0. The Bertz CT molecular complexity index is 676. The summed E-state index contributed by atoms with van der Waals surface area (Å²) in [4.78, 5) is 14.4. The van der Waals surface area contributed by atoms with Crippen molar-refractivity contribution in [1.29, 1.82) is 0 Å². The van der Waals surface area contributed by atoms with E-state index < -0.39 is 0 Å². The van der Waals surface area contributed by atoms with Gasteiger partial charge in [0.1, 0.15) is 5.69 Å². The molecule has 1 aliphatic rings. The van der Waals surface area contributed by atoms with E-state index in [2.05, 4.69) is 15.9 Å². The molecule has 0 unspecified atom stereocenters. The Morgan fingerprint density at radius 1 is 1.43 bits per heavy atom. The van der Waals surface area contributed by atoms with Crippen molar-refractivity contribution < 1.29 is 4.79 Å². The lowest BCUT2D eigenvalue weighted by atomic mass is 10.2. The minimum atomic E-state index is 0.0126. The highest BCUT2D eigenvalue weighted by Crippen LogP contribution is 2.37. The molecule has 0 atom stereocenters. The van der Waals surface area contributed by atoms with E-state index in [0.717, 1.165) is 22.9 Å². The number of carbonyl (C=O) groups is 1. The molecule has 1 heterocycles. The van der Waals surface area contributed by atoms with Gasteiger partial charge in [0.2, 0.25) is 0 Å². The molecule has 2 aromatic rings. The van der Waals surface area contributed by atoms with Crippen molar-refractivity contribution in [3.8, 4) is 0 Å². The molecule has 4 nitrogen and oxygen atoms in total. The van der Waals surface area contributed by atoms with Crippen LogP contribution < -0.4 is 5.73 Å². The molecule has 1 amide bonds. The predicted molar refractivity (Wildman–Crippen MR) is 87.1 cm³/mol. The van der Waals surface area contributed by atoms with Crippen LogP contribution in [0.2, 0.25) is 0 Å². The van der Waals surface area contributed by atoms with Gasteiger partial charge in [0.25, 0.3) is 5.91 Å². The molecule has 2 N–H and O–H groups in total. The fourth-order valence-corrected chi connectivity index (χ4v) is 2.95. The van der Waals surface area contributed by atoms with E-state index >= 15 is 0 Å². The monoisotopic (exact) mass is 347 g/mol. The van der Waals surface area contributed by atoms with Gasteiger partial charge >= 0.3 is 0 Å². The molecule has 5 heteroatoms. The van der Waals surface area contributed by atoms with Gasteiger partial charge in [-0.05, 0) is 36.6 Å². The summed E-state index contributed by atoms with van der Waals surface area (Å²) >= 11 is 3.45. The van der Waals surface area contributed by atoms with Crippen molar-refractivity contribution >= 4 is 27.5 Å². The van der Waals surface area contributed by atoms with E-state index in [1.165, 1.54) is 0 Å². The number of halogens is 1. The van der Waals surface area contributed by atoms with E-state index in [0.29, 0.717) is 24.0 Å². The standard InChI is InChI=1S/C16H18BrN3O/c1-19(9-11-3-2-4-12(17)7-11)16(21)15-8-13(18)10-20(15)14-5-6-14/h2-4,7-8,10,14H,5-6,9,18H2,1H3. The van der Waals surface area contributed by atoms with Crippen molar-refractivity contribution in [2.24, 2.45) is 0 Å². The highest BCUT2D eigenvalue weighted by atomic mass is 79.9. The van der Waals surface area contributed by atoms with Crippen LogP contribution in [-0.4, -0.2) is 22.4 Å². The van der Waals surface area contributed by atoms with Crippen molar-refractivity contribution in [2.75, 3.05) is 12.8 Å². The second kappa shape index (κ2) is 5.56. The Hall–Kier alpha value is -1.75. The van der Waals surface area contributed by atoms with Gasteiger partial charge in [0, 0.05) is 30.3 Å². The Labute approximate surface area is 132 Å². The van der Waals surface area contributed by atoms with Crippen LogP contribution in [0.1, 0.15) is 34.9 Å². The van der Waals surface area contributed by atoms with Crippen LogP contribution in [0.3, 0.4) is 0 Å². The summed E-state index contributed by atoms with van der Waals surface area (Å²) < 4.78 is 3.04. The number of benzene rings is 1. The SMILES string of the molecule is CN(Cc1cccc(Br)c1)C(=O)c1cc(N)cn1C1CC1. The molecule has 1 aliphatic carbocycles. The fourth-order valence-electron chi connectivity index (χ4n) is 2.50. The van der Waals surface area contributed by atoms with Crippen LogP contribution in [-0.2, 0) is 6.54 Å². The zero-order valence-corrected chi connectivity index (χ0v) is 13.5. The summed E-state index contributed by atoms with van der Waals surface area (Å²) in [5, 5.41) is 0. The van der Waals surface area contributed by atoms with Crippen molar-refractivity contribution in [3.63, 3.8) is 0 Å². The Morgan fingerprint density at radius 3 is 2.86 bits per heavy atom. The summed E-state index contributed by atoms with van der Waals surface area (Å²) in [5.41, 5.74) is 8.29.